The van der Waals surface area contributed by atoms with Crippen LogP contribution in [0.1, 0.15) is 0 Å². The zero-order chi connectivity index (χ0) is 13.0. The second kappa shape index (κ2) is 10.1. The van der Waals surface area contributed by atoms with E-state index in [0.29, 0.717) is 0 Å². The molecule has 0 bridgehead atoms. The number of hydrogen-bond acceptors (Lipinski definition) is 6. The molecule has 0 spiro atoms. The minimum atomic E-state index is -4.67. The van der Waals surface area contributed by atoms with E-state index in [9.17, 15) is 0 Å². The first-order chi connectivity index (χ1) is 8.00. The Morgan fingerprint density at radius 1 is 1.12 bits per heavy atom. The predicted molar refractivity (Wildman–Crippen MR) is 59.9 cm³/mol. The number of hydrogen-bond donors (Lipinski definition) is 3. The number of ether oxygens (including phenoxy) is 1. The fourth-order valence-electron chi connectivity index (χ4n) is 0.769. The molecule has 2 heterocycles. The van der Waals surface area contributed by atoms with Gasteiger partial charge in [0, 0.05) is 25.5 Å². The zero-order valence-corrected chi connectivity index (χ0v) is 9.88. The lowest BCUT2D eigenvalue weighted by molar-refractivity contribution is 0.109. The molecule has 1 aromatic heterocycles. The molecular formula is C8H15N3O5S. The zero-order valence-electron chi connectivity index (χ0n) is 9.06. The first kappa shape index (κ1) is 15.9. The van der Waals surface area contributed by atoms with Crippen LogP contribution in [0.15, 0.2) is 24.8 Å². The Balaban J connectivity index is 0.000000228. The molecule has 0 unspecified atom stereocenters. The van der Waals surface area contributed by atoms with Crippen molar-refractivity contribution in [2.24, 2.45) is 0 Å². The van der Waals surface area contributed by atoms with Crippen LogP contribution in [0.4, 0.5) is 0 Å². The molecular weight excluding hydrogens is 250 g/mol. The standard InChI is InChI=1S/C4H4N2.C4H9NO.H2O4S/c1-2-5-4-6-3-1;1-3-6-4-2-5-1;1-5(2,3)4/h1-4H;5H,1-4H2;(H2,1,2,3,4). The van der Waals surface area contributed by atoms with Gasteiger partial charge in [0.05, 0.1) is 13.2 Å². The number of rotatable bonds is 0. The summed E-state index contributed by atoms with van der Waals surface area (Å²) in [6.45, 7) is 3.83. The molecule has 98 valence electrons. The second-order valence-electron chi connectivity index (χ2n) is 2.71. The lowest BCUT2D eigenvalue weighted by atomic mass is 10.5. The van der Waals surface area contributed by atoms with E-state index in [-0.39, 0.29) is 0 Å². The van der Waals surface area contributed by atoms with E-state index < -0.39 is 10.4 Å². The highest BCUT2D eigenvalue weighted by atomic mass is 32.3. The van der Waals surface area contributed by atoms with E-state index in [4.69, 9.17) is 22.3 Å². The maximum absolute atomic E-state index is 8.74. The van der Waals surface area contributed by atoms with Crippen LogP contribution in [-0.4, -0.2) is 53.8 Å². The first-order valence-corrected chi connectivity index (χ1v) is 6.08. The Bertz CT molecular complexity index is 308. The predicted octanol–water partition coefficient (Wildman–Crippen LogP) is -0.570. The van der Waals surface area contributed by atoms with Crippen LogP contribution >= 0.6 is 0 Å². The molecule has 0 aliphatic carbocycles. The van der Waals surface area contributed by atoms with Gasteiger partial charge in [-0.2, -0.15) is 8.42 Å². The number of nitrogens with one attached hydrogen (secondary N) is 1. The summed E-state index contributed by atoms with van der Waals surface area (Å²) in [5.41, 5.74) is 0. The minimum Gasteiger partial charge on any atom is -0.379 e. The molecule has 0 saturated carbocycles. The summed E-state index contributed by atoms with van der Waals surface area (Å²) >= 11 is 0. The van der Waals surface area contributed by atoms with Gasteiger partial charge in [-0.1, -0.05) is 0 Å². The normalized spacial score (nSPS) is 14.7. The van der Waals surface area contributed by atoms with E-state index in [1.165, 1.54) is 6.33 Å². The van der Waals surface area contributed by atoms with E-state index >= 15 is 0 Å². The monoisotopic (exact) mass is 265 g/mol. The molecule has 0 amide bonds. The van der Waals surface area contributed by atoms with Gasteiger partial charge in [0.25, 0.3) is 0 Å². The van der Waals surface area contributed by atoms with Crippen molar-refractivity contribution >= 4 is 10.4 Å². The molecule has 0 radical (unpaired) electrons. The number of morpholine rings is 1. The Labute approximate surface area is 99.6 Å². The Hall–Kier alpha value is -1.13. The van der Waals surface area contributed by atoms with Gasteiger partial charge in [-0.05, 0) is 6.07 Å². The maximum atomic E-state index is 8.74. The van der Waals surface area contributed by atoms with Crippen molar-refractivity contribution in [3.05, 3.63) is 24.8 Å². The quantitative estimate of drug-likeness (QED) is 0.533. The van der Waals surface area contributed by atoms with Gasteiger partial charge in [0.15, 0.2) is 0 Å². The fourth-order valence-corrected chi connectivity index (χ4v) is 0.769. The molecule has 1 fully saturated rings. The molecule has 0 atom stereocenters. The van der Waals surface area contributed by atoms with Gasteiger partial charge in [0.1, 0.15) is 6.33 Å². The SMILES string of the molecule is C1COCCN1.O=S(=O)(O)O.c1cncnc1. The van der Waals surface area contributed by atoms with Crippen LogP contribution in [0.5, 0.6) is 0 Å². The Morgan fingerprint density at radius 3 is 1.71 bits per heavy atom. The largest absolute Gasteiger partial charge is 0.394 e. The molecule has 8 nitrogen and oxygen atoms in total. The summed E-state index contributed by atoms with van der Waals surface area (Å²) < 4.78 is 36.6. The smallest absolute Gasteiger partial charge is 0.379 e. The molecule has 1 aromatic rings. The highest BCUT2D eigenvalue weighted by molar-refractivity contribution is 7.79. The second-order valence-corrected chi connectivity index (χ2v) is 3.61. The molecule has 1 aliphatic heterocycles. The van der Waals surface area contributed by atoms with Gasteiger partial charge >= 0.3 is 10.4 Å². The lowest BCUT2D eigenvalue weighted by Crippen LogP contribution is -2.30. The fraction of sp³-hybridized carbons (Fsp3) is 0.500. The topological polar surface area (TPSA) is 122 Å². The lowest BCUT2D eigenvalue weighted by Gasteiger charge is -2.10. The van der Waals surface area contributed by atoms with Crippen molar-refractivity contribution in [3.63, 3.8) is 0 Å². The molecule has 0 aromatic carbocycles. The third-order valence-electron chi connectivity index (χ3n) is 1.32. The molecule has 9 heteroatoms. The van der Waals surface area contributed by atoms with Crippen molar-refractivity contribution in [3.8, 4) is 0 Å². The number of aromatic nitrogens is 2. The van der Waals surface area contributed by atoms with E-state index in [1.807, 2.05) is 0 Å². The van der Waals surface area contributed by atoms with Gasteiger partial charge in [-0.25, -0.2) is 9.97 Å². The van der Waals surface area contributed by atoms with Crippen LogP contribution in [0.25, 0.3) is 0 Å². The highest BCUT2D eigenvalue weighted by Gasteiger charge is 1.92. The minimum absolute atomic E-state index is 0.889. The summed E-state index contributed by atoms with van der Waals surface area (Å²) in [5.74, 6) is 0. The molecule has 17 heavy (non-hydrogen) atoms. The highest BCUT2D eigenvalue weighted by Crippen LogP contribution is 1.76. The summed E-state index contributed by atoms with van der Waals surface area (Å²) in [6, 6.07) is 1.78. The Kier molecular flexibility index (Phi) is 9.38. The van der Waals surface area contributed by atoms with Crippen molar-refractivity contribution in [2.75, 3.05) is 26.3 Å². The molecule has 1 saturated heterocycles. The van der Waals surface area contributed by atoms with Crippen molar-refractivity contribution in [1.29, 1.82) is 0 Å². The molecule has 2 rings (SSSR count). The average molecular weight is 265 g/mol. The average Bonchev–Trinajstić information content (AvgIpc) is 2.32. The molecule has 1 aliphatic rings. The number of nitrogens with zero attached hydrogens (tertiary/aromatic N) is 2. The Morgan fingerprint density at radius 2 is 1.59 bits per heavy atom. The van der Waals surface area contributed by atoms with Crippen LogP contribution < -0.4 is 5.32 Å². The van der Waals surface area contributed by atoms with E-state index in [1.54, 1.807) is 18.5 Å². The third-order valence-corrected chi connectivity index (χ3v) is 1.32. The first-order valence-electron chi connectivity index (χ1n) is 4.68. The summed E-state index contributed by atoms with van der Waals surface area (Å²) in [5, 5.41) is 3.16. The van der Waals surface area contributed by atoms with Crippen molar-refractivity contribution in [2.45, 2.75) is 0 Å². The maximum Gasteiger partial charge on any atom is 0.394 e. The van der Waals surface area contributed by atoms with Gasteiger partial charge in [-0.3, -0.25) is 9.11 Å². The van der Waals surface area contributed by atoms with Gasteiger partial charge in [0.2, 0.25) is 0 Å². The van der Waals surface area contributed by atoms with Crippen LogP contribution in [0, 0.1) is 0 Å². The van der Waals surface area contributed by atoms with Crippen molar-refractivity contribution < 1.29 is 22.3 Å². The summed E-state index contributed by atoms with van der Waals surface area (Å²) in [6.07, 6.45) is 4.88. The molecule has 3 N–H and O–H groups in total. The van der Waals surface area contributed by atoms with Gasteiger partial charge in [-0.15, -0.1) is 0 Å². The van der Waals surface area contributed by atoms with Crippen LogP contribution in [-0.2, 0) is 15.1 Å². The third kappa shape index (κ3) is 20.8. The van der Waals surface area contributed by atoms with E-state index in [0.717, 1.165) is 26.3 Å². The summed E-state index contributed by atoms with van der Waals surface area (Å²) in [7, 11) is -4.67. The summed E-state index contributed by atoms with van der Waals surface area (Å²) in [4.78, 5) is 7.35. The van der Waals surface area contributed by atoms with Gasteiger partial charge < -0.3 is 10.1 Å². The van der Waals surface area contributed by atoms with Crippen LogP contribution in [0.3, 0.4) is 0 Å². The van der Waals surface area contributed by atoms with Crippen molar-refractivity contribution in [1.82, 2.24) is 15.3 Å². The van der Waals surface area contributed by atoms with Crippen LogP contribution in [0.2, 0.25) is 0 Å². The van der Waals surface area contributed by atoms with E-state index in [2.05, 4.69) is 15.3 Å².